The molecule has 0 saturated carbocycles. The van der Waals surface area contributed by atoms with Crippen LogP contribution >= 0.6 is 23.2 Å². The maximum Gasteiger partial charge on any atom is 0.409 e. The first-order valence-electron chi connectivity index (χ1n) is 15.7. The lowest BCUT2D eigenvalue weighted by Crippen LogP contribution is -2.35. The number of ether oxygens (including phenoxy) is 7. The lowest BCUT2D eigenvalue weighted by Gasteiger charge is -2.19. The normalized spacial score (nSPS) is 11.7. The molecule has 2 heterocycles. The van der Waals surface area contributed by atoms with Gasteiger partial charge >= 0.3 is 11.8 Å². The highest BCUT2D eigenvalue weighted by molar-refractivity contribution is 6.37. The smallest absolute Gasteiger partial charge is 0.409 e. The molecule has 0 saturated heterocycles. The summed E-state index contributed by atoms with van der Waals surface area (Å²) >= 11 is 12.9. The molecule has 0 bridgehead atoms. The minimum absolute atomic E-state index is 0.0279. The van der Waals surface area contributed by atoms with Crippen LogP contribution < -0.4 is 26.9 Å². The van der Waals surface area contributed by atoms with Gasteiger partial charge in [-0.05, 0) is 25.0 Å². The number of hydrogen-bond acceptors (Lipinski definition) is 14. The number of nitrogens with one attached hydrogen (secondary N) is 2. The zero-order valence-corrected chi connectivity index (χ0v) is 30.0. The van der Waals surface area contributed by atoms with Crippen LogP contribution in [0.5, 0.6) is 11.6 Å². The van der Waals surface area contributed by atoms with E-state index in [0.717, 1.165) is 9.36 Å². The van der Waals surface area contributed by atoms with E-state index in [-0.39, 0.29) is 46.4 Å². The van der Waals surface area contributed by atoms with Gasteiger partial charge in [-0.2, -0.15) is 14.6 Å². The van der Waals surface area contributed by atoms with Crippen LogP contribution in [0, 0.1) is 11.3 Å². The summed E-state index contributed by atoms with van der Waals surface area (Å²) in [6, 6.07) is 5.52. The summed E-state index contributed by atoms with van der Waals surface area (Å²) < 4.78 is 39.4. The summed E-state index contributed by atoms with van der Waals surface area (Å²) in [5.41, 5.74) is -2.63. The SMILES string of the molecule is COCCOCCOCCOCCOCCNC(=O)OC(C)n1nc(Oc2c(Cl)cc(-n3nc(C#N)c(=O)[nH]c3=O)cc2Cl)cc(C(C)C)c1=O. The number of nitriles is 1. The van der Waals surface area contributed by atoms with Gasteiger partial charge in [-0.3, -0.25) is 14.6 Å². The van der Waals surface area contributed by atoms with Gasteiger partial charge in [0, 0.05) is 25.3 Å². The fourth-order valence-corrected chi connectivity index (χ4v) is 4.67. The van der Waals surface area contributed by atoms with Gasteiger partial charge in [-0.25, -0.2) is 9.59 Å². The van der Waals surface area contributed by atoms with E-state index >= 15 is 0 Å². The molecule has 0 aliphatic carbocycles. The largest absolute Gasteiger partial charge is 0.434 e. The van der Waals surface area contributed by atoms with Crippen LogP contribution in [0.3, 0.4) is 0 Å². The van der Waals surface area contributed by atoms with Crippen LogP contribution in [0.4, 0.5) is 4.79 Å². The second kappa shape index (κ2) is 21.1. The molecule has 1 unspecified atom stereocenters. The highest BCUT2D eigenvalue weighted by Crippen LogP contribution is 2.38. The van der Waals surface area contributed by atoms with Crippen LogP contribution in [0.25, 0.3) is 5.69 Å². The van der Waals surface area contributed by atoms with Crippen molar-refractivity contribution in [3.8, 4) is 23.4 Å². The number of benzene rings is 1. The molecule has 1 atom stereocenters. The van der Waals surface area contributed by atoms with Gasteiger partial charge in [0.15, 0.2) is 12.0 Å². The summed E-state index contributed by atoms with van der Waals surface area (Å²) in [6.45, 7) is 8.80. The Kier molecular flexibility index (Phi) is 17.0. The molecule has 278 valence electrons. The maximum absolute atomic E-state index is 13.2. The molecule has 2 N–H and O–H groups in total. The highest BCUT2D eigenvalue weighted by Gasteiger charge is 2.21. The van der Waals surface area contributed by atoms with Crippen molar-refractivity contribution >= 4 is 29.3 Å². The fraction of sp³-hybridized carbons (Fsp3) is 0.516. The molecule has 2 aromatic heterocycles. The number of amides is 1. The Labute approximate surface area is 302 Å². The summed E-state index contributed by atoms with van der Waals surface area (Å²) in [4.78, 5) is 51.7. The van der Waals surface area contributed by atoms with E-state index in [1.807, 2.05) is 4.98 Å². The van der Waals surface area contributed by atoms with E-state index in [2.05, 4.69) is 15.5 Å². The van der Waals surface area contributed by atoms with Crippen molar-refractivity contribution in [3.05, 3.63) is 70.7 Å². The fourth-order valence-electron chi connectivity index (χ4n) is 4.11. The van der Waals surface area contributed by atoms with Gasteiger partial charge < -0.3 is 38.5 Å². The lowest BCUT2D eigenvalue weighted by atomic mass is 10.1. The minimum atomic E-state index is -1.16. The molecule has 0 spiro atoms. The number of methoxy groups -OCH3 is 1. The molecule has 0 aliphatic rings. The van der Waals surface area contributed by atoms with Crippen molar-refractivity contribution in [1.29, 1.82) is 5.26 Å². The number of nitrogens with zero attached hydrogens (tertiary/aromatic N) is 5. The topological polar surface area (TPSA) is 220 Å². The number of rotatable bonds is 21. The third kappa shape index (κ3) is 12.7. The number of halogens is 2. The van der Waals surface area contributed by atoms with Crippen LogP contribution in [-0.2, 0) is 28.4 Å². The number of aromatic amines is 1. The predicted octanol–water partition coefficient (Wildman–Crippen LogP) is 2.53. The predicted molar refractivity (Wildman–Crippen MR) is 182 cm³/mol. The zero-order valence-electron chi connectivity index (χ0n) is 28.4. The lowest BCUT2D eigenvalue weighted by molar-refractivity contribution is -0.00768. The van der Waals surface area contributed by atoms with E-state index in [1.165, 1.54) is 25.1 Å². The second-order valence-corrected chi connectivity index (χ2v) is 11.5. The number of alkyl carbamates (subject to hydrolysis) is 1. The van der Waals surface area contributed by atoms with E-state index in [9.17, 15) is 19.2 Å². The number of hydrogen-bond donors (Lipinski definition) is 2. The summed E-state index contributed by atoms with van der Waals surface area (Å²) in [5, 5.41) is 19.4. The molecule has 51 heavy (non-hydrogen) atoms. The summed E-state index contributed by atoms with van der Waals surface area (Å²) in [7, 11) is 1.61. The average Bonchev–Trinajstić information content (AvgIpc) is 3.08. The van der Waals surface area contributed by atoms with E-state index in [0.29, 0.717) is 58.4 Å². The number of aromatic nitrogens is 5. The van der Waals surface area contributed by atoms with Gasteiger partial charge in [-0.1, -0.05) is 37.0 Å². The van der Waals surface area contributed by atoms with Crippen LogP contribution in [0.2, 0.25) is 10.0 Å². The number of carbonyl (C=O) groups is 1. The molecule has 20 heteroatoms. The minimum Gasteiger partial charge on any atom is -0.434 e. The van der Waals surface area contributed by atoms with E-state index in [4.69, 9.17) is 61.6 Å². The van der Waals surface area contributed by atoms with Crippen LogP contribution in [0.15, 0.2) is 32.6 Å². The van der Waals surface area contributed by atoms with Gasteiger partial charge in [0.25, 0.3) is 11.1 Å². The zero-order chi connectivity index (χ0) is 37.3. The van der Waals surface area contributed by atoms with Crippen LogP contribution in [-0.4, -0.2) is 104 Å². The standard InChI is InChI=1S/C31H39Cl2N7O11/c1-19(2)22-17-26(51-27-23(32)15-21(16-24(27)33)40-30(43)36-28(41)25(18-34)37-40)38-39(29(22)42)20(3)50-31(44)35-5-6-46-9-10-48-13-14-49-12-11-47-8-7-45-4/h15-17,19-20H,5-14H2,1-4H3,(H,35,44)(H,36,41,43). The third-order valence-electron chi connectivity index (χ3n) is 6.62. The number of H-pyrrole nitrogens is 1. The summed E-state index contributed by atoms with van der Waals surface area (Å²) in [5.74, 6) is -0.474. The molecule has 3 aromatic rings. The van der Waals surface area contributed by atoms with Gasteiger partial charge in [-0.15, -0.1) is 10.2 Å². The maximum atomic E-state index is 13.2. The molecule has 3 rings (SSSR count). The van der Waals surface area contributed by atoms with E-state index < -0.39 is 34.8 Å². The van der Waals surface area contributed by atoms with E-state index in [1.54, 1.807) is 27.0 Å². The molecule has 0 aliphatic heterocycles. The molecule has 18 nitrogen and oxygen atoms in total. The Bertz CT molecular complexity index is 1800. The van der Waals surface area contributed by atoms with Crippen LogP contribution in [0.1, 0.15) is 44.2 Å². The molecule has 1 aromatic carbocycles. The Hall–Kier alpha value is -4.35. The van der Waals surface area contributed by atoms with Gasteiger partial charge in [0.1, 0.15) is 6.07 Å². The van der Waals surface area contributed by atoms with Crippen molar-refractivity contribution < 1.29 is 38.0 Å². The first-order chi connectivity index (χ1) is 24.5. The molecule has 1 amide bonds. The second-order valence-electron chi connectivity index (χ2n) is 10.7. The first-order valence-corrected chi connectivity index (χ1v) is 16.4. The average molecular weight is 757 g/mol. The Morgan fingerprint density at radius 3 is 2.02 bits per heavy atom. The first kappa shape index (κ1) is 41.1. The van der Waals surface area contributed by atoms with Gasteiger partial charge in [0.05, 0.1) is 75.2 Å². The quantitative estimate of drug-likeness (QED) is 0.149. The van der Waals surface area contributed by atoms with Gasteiger partial charge in [0.2, 0.25) is 11.6 Å². The Balaban J connectivity index is 1.54. The van der Waals surface area contributed by atoms with Crippen molar-refractivity contribution in [3.63, 3.8) is 0 Å². The van der Waals surface area contributed by atoms with Crippen molar-refractivity contribution in [2.45, 2.75) is 32.9 Å². The third-order valence-corrected chi connectivity index (χ3v) is 7.18. The monoisotopic (exact) mass is 755 g/mol. The van der Waals surface area contributed by atoms with Crippen molar-refractivity contribution in [1.82, 2.24) is 29.9 Å². The van der Waals surface area contributed by atoms with Crippen molar-refractivity contribution in [2.75, 3.05) is 73.1 Å². The highest BCUT2D eigenvalue weighted by atomic mass is 35.5. The molecular formula is C31H39Cl2N7O11. The Morgan fingerprint density at radius 2 is 1.47 bits per heavy atom. The molecular weight excluding hydrogens is 717 g/mol. The molecule has 0 radical (unpaired) electrons. The van der Waals surface area contributed by atoms with Crippen molar-refractivity contribution in [2.24, 2.45) is 0 Å². The Morgan fingerprint density at radius 1 is 0.902 bits per heavy atom. The number of carbonyl (C=O) groups excluding carboxylic acids is 1. The molecule has 0 fully saturated rings. The summed E-state index contributed by atoms with van der Waals surface area (Å²) in [6.07, 6.45) is -1.97.